The minimum absolute atomic E-state index is 0.157. The molecule has 0 aliphatic carbocycles. The van der Waals surface area contributed by atoms with E-state index in [1.54, 1.807) is 24.3 Å². The second-order valence-corrected chi connectivity index (χ2v) is 8.71. The molecule has 0 atom stereocenters. The minimum atomic E-state index is -3.76. The third-order valence-corrected chi connectivity index (χ3v) is 5.42. The summed E-state index contributed by atoms with van der Waals surface area (Å²) in [6.07, 6.45) is 2.33. The molecule has 0 aliphatic heterocycles. The third kappa shape index (κ3) is 7.21. The first-order chi connectivity index (χ1) is 14.1. The van der Waals surface area contributed by atoms with E-state index >= 15 is 0 Å². The number of ether oxygens (including phenoxy) is 1. The van der Waals surface area contributed by atoms with Gasteiger partial charge in [-0.1, -0.05) is 23.2 Å². The number of nitrogens with one attached hydrogen (secondary N) is 1. The highest BCUT2D eigenvalue weighted by molar-refractivity contribution is 7.92. The van der Waals surface area contributed by atoms with E-state index in [4.69, 9.17) is 33.7 Å². The average Bonchev–Trinajstić information content (AvgIpc) is 2.67. The molecule has 160 valence electrons. The van der Waals surface area contributed by atoms with E-state index in [0.29, 0.717) is 11.3 Å². The first-order valence-electron chi connectivity index (χ1n) is 8.32. The molecular formula is C18H18Cl2N4O5S. The van der Waals surface area contributed by atoms with Crippen molar-refractivity contribution in [2.75, 3.05) is 23.7 Å². The third-order valence-electron chi connectivity index (χ3n) is 3.54. The molecule has 0 radical (unpaired) electrons. The fourth-order valence-corrected chi connectivity index (χ4v) is 3.33. The predicted molar refractivity (Wildman–Crippen MR) is 116 cm³/mol. The number of rotatable bonds is 9. The Labute approximate surface area is 183 Å². The topological polar surface area (TPSA) is 131 Å². The molecule has 2 rings (SSSR count). The van der Waals surface area contributed by atoms with Crippen LogP contribution < -0.4 is 20.2 Å². The summed E-state index contributed by atoms with van der Waals surface area (Å²) in [6.45, 7) is -0.743. The lowest BCUT2D eigenvalue weighted by molar-refractivity contribution is -0.120. The maximum absolute atomic E-state index is 12.2. The maximum Gasteiger partial charge on any atom is 0.260 e. The number of hydrogen-bond donors (Lipinski definition) is 2. The highest BCUT2D eigenvalue weighted by atomic mass is 35.5. The van der Waals surface area contributed by atoms with Crippen molar-refractivity contribution in [1.29, 1.82) is 0 Å². The number of primary amides is 1. The molecule has 0 heterocycles. The van der Waals surface area contributed by atoms with E-state index in [0.717, 1.165) is 10.6 Å². The van der Waals surface area contributed by atoms with Gasteiger partial charge in [-0.2, -0.15) is 5.10 Å². The van der Waals surface area contributed by atoms with Crippen LogP contribution >= 0.6 is 23.2 Å². The Balaban J connectivity index is 2.00. The molecule has 2 aromatic rings. The largest absolute Gasteiger partial charge is 0.484 e. The van der Waals surface area contributed by atoms with Crippen LogP contribution in [0.15, 0.2) is 47.6 Å². The molecule has 0 bridgehead atoms. The molecule has 0 spiro atoms. The van der Waals surface area contributed by atoms with E-state index in [1.807, 2.05) is 0 Å². The van der Waals surface area contributed by atoms with E-state index < -0.39 is 28.4 Å². The number of nitrogens with zero attached hydrogens (tertiary/aromatic N) is 2. The second kappa shape index (κ2) is 10.3. The molecule has 0 aromatic heterocycles. The van der Waals surface area contributed by atoms with Gasteiger partial charge in [-0.05, 0) is 48.0 Å². The number of carbonyl (C=O) groups is 2. The zero-order valence-electron chi connectivity index (χ0n) is 15.7. The van der Waals surface area contributed by atoms with E-state index in [2.05, 4.69) is 10.5 Å². The molecule has 2 aromatic carbocycles. The summed E-state index contributed by atoms with van der Waals surface area (Å²) in [4.78, 5) is 22.9. The molecule has 12 heteroatoms. The Kier molecular flexibility index (Phi) is 8.04. The number of sulfonamides is 1. The summed E-state index contributed by atoms with van der Waals surface area (Å²) in [5.74, 6) is -0.808. The van der Waals surface area contributed by atoms with E-state index in [1.165, 1.54) is 24.4 Å². The first kappa shape index (κ1) is 23.5. The smallest absolute Gasteiger partial charge is 0.260 e. The monoisotopic (exact) mass is 472 g/mol. The normalized spacial score (nSPS) is 11.3. The van der Waals surface area contributed by atoms with E-state index in [9.17, 15) is 18.0 Å². The van der Waals surface area contributed by atoms with Crippen LogP contribution in [0.25, 0.3) is 0 Å². The highest BCUT2D eigenvalue weighted by Crippen LogP contribution is 2.28. The Morgan fingerprint density at radius 1 is 1.17 bits per heavy atom. The SMILES string of the molecule is CS(=O)(=O)N(CC(=O)N/N=C\c1ccc(OCC(N)=O)cc1)c1ccc(Cl)c(Cl)c1. The maximum atomic E-state index is 12.2. The average molecular weight is 473 g/mol. The fourth-order valence-electron chi connectivity index (χ4n) is 2.19. The number of hydrazone groups is 1. The van der Waals surface area contributed by atoms with Crippen molar-refractivity contribution in [2.24, 2.45) is 10.8 Å². The Hall–Kier alpha value is -2.82. The van der Waals surface area contributed by atoms with Gasteiger partial charge in [0.1, 0.15) is 12.3 Å². The molecular weight excluding hydrogens is 455 g/mol. The zero-order chi connectivity index (χ0) is 22.3. The van der Waals surface area contributed by atoms with Crippen LogP contribution in [-0.2, 0) is 19.6 Å². The molecule has 0 saturated carbocycles. The van der Waals surface area contributed by atoms with Gasteiger partial charge in [0.05, 0.1) is 28.2 Å². The van der Waals surface area contributed by atoms with Crippen LogP contribution in [0.1, 0.15) is 5.56 Å². The fraction of sp³-hybridized carbons (Fsp3) is 0.167. The Bertz CT molecular complexity index is 1060. The van der Waals surface area contributed by atoms with Gasteiger partial charge in [0.15, 0.2) is 6.61 Å². The van der Waals surface area contributed by atoms with Crippen molar-refractivity contribution in [3.63, 3.8) is 0 Å². The van der Waals surface area contributed by atoms with Crippen molar-refractivity contribution in [3.8, 4) is 5.75 Å². The highest BCUT2D eigenvalue weighted by Gasteiger charge is 2.21. The minimum Gasteiger partial charge on any atom is -0.484 e. The van der Waals surface area contributed by atoms with Crippen molar-refractivity contribution >= 4 is 56.9 Å². The number of nitrogens with two attached hydrogens (primary N) is 1. The lowest BCUT2D eigenvalue weighted by Gasteiger charge is -2.21. The van der Waals surface area contributed by atoms with Crippen LogP contribution in [0.2, 0.25) is 10.0 Å². The van der Waals surface area contributed by atoms with Gasteiger partial charge in [-0.25, -0.2) is 13.8 Å². The lowest BCUT2D eigenvalue weighted by atomic mass is 10.2. The molecule has 30 heavy (non-hydrogen) atoms. The van der Waals surface area contributed by atoms with Crippen molar-refractivity contribution in [3.05, 3.63) is 58.1 Å². The van der Waals surface area contributed by atoms with Crippen LogP contribution in [0.4, 0.5) is 5.69 Å². The standard InChI is InChI=1S/C18H18Cl2N4O5S/c1-30(27,28)24(13-4-7-15(19)16(20)8-13)10-18(26)23-22-9-12-2-5-14(6-3-12)29-11-17(21)25/h2-9H,10-11H2,1H3,(H2,21,25)(H,23,26)/b22-9-. The Morgan fingerprint density at radius 2 is 1.83 bits per heavy atom. The number of benzene rings is 2. The molecule has 2 amide bonds. The quantitative estimate of drug-likeness (QED) is 0.424. The van der Waals surface area contributed by atoms with Gasteiger partial charge >= 0.3 is 0 Å². The summed E-state index contributed by atoms with van der Waals surface area (Å²) in [7, 11) is -3.76. The molecule has 0 unspecified atom stereocenters. The van der Waals surface area contributed by atoms with Crippen LogP contribution in [0.5, 0.6) is 5.75 Å². The first-order valence-corrected chi connectivity index (χ1v) is 10.9. The summed E-state index contributed by atoms with van der Waals surface area (Å²) >= 11 is 11.8. The predicted octanol–water partition coefficient (Wildman–Crippen LogP) is 1.77. The van der Waals surface area contributed by atoms with Crippen molar-refractivity contribution in [2.45, 2.75) is 0 Å². The molecule has 9 nitrogen and oxygen atoms in total. The van der Waals surface area contributed by atoms with Gasteiger partial charge in [0, 0.05) is 0 Å². The Morgan fingerprint density at radius 3 is 2.40 bits per heavy atom. The van der Waals surface area contributed by atoms with Crippen LogP contribution in [-0.4, -0.2) is 45.9 Å². The van der Waals surface area contributed by atoms with Crippen molar-refractivity contribution in [1.82, 2.24) is 5.43 Å². The lowest BCUT2D eigenvalue weighted by Crippen LogP contribution is -2.39. The molecule has 0 aliphatic rings. The molecule has 0 saturated heterocycles. The van der Waals surface area contributed by atoms with Gasteiger partial charge in [0.2, 0.25) is 10.0 Å². The summed E-state index contributed by atoms with van der Waals surface area (Å²) in [5, 5.41) is 4.21. The number of hydrogen-bond acceptors (Lipinski definition) is 6. The van der Waals surface area contributed by atoms with E-state index in [-0.39, 0.29) is 22.3 Å². The zero-order valence-corrected chi connectivity index (χ0v) is 18.0. The van der Waals surface area contributed by atoms with Crippen molar-refractivity contribution < 1.29 is 22.7 Å². The van der Waals surface area contributed by atoms with Crippen LogP contribution in [0, 0.1) is 0 Å². The molecule has 0 fully saturated rings. The molecule has 3 N–H and O–H groups in total. The van der Waals surface area contributed by atoms with Gasteiger partial charge in [-0.15, -0.1) is 0 Å². The van der Waals surface area contributed by atoms with Crippen LogP contribution in [0.3, 0.4) is 0 Å². The van der Waals surface area contributed by atoms with Gasteiger partial charge in [0.25, 0.3) is 11.8 Å². The summed E-state index contributed by atoms with van der Waals surface area (Å²) in [6, 6.07) is 10.7. The van der Waals surface area contributed by atoms with Gasteiger partial charge in [-0.3, -0.25) is 13.9 Å². The van der Waals surface area contributed by atoms with Gasteiger partial charge < -0.3 is 10.5 Å². The number of carbonyl (C=O) groups excluding carboxylic acids is 2. The number of halogens is 2. The second-order valence-electron chi connectivity index (χ2n) is 5.99. The summed E-state index contributed by atoms with van der Waals surface area (Å²) < 4.78 is 30.2. The summed E-state index contributed by atoms with van der Waals surface area (Å²) in [5.41, 5.74) is 8.08. The number of amides is 2. The number of anilines is 1.